The van der Waals surface area contributed by atoms with Gasteiger partial charge in [-0.3, -0.25) is 0 Å². The molecule has 0 aromatic rings. The second kappa shape index (κ2) is 3.64. The smallest absolute Gasteiger partial charge is 0.0510 e. The van der Waals surface area contributed by atoms with Crippen LogP contribution in [0.15, 0.2) is 0 Å². The summed E-state index contributed by atoms with van der Waals surface area (Å²) in [5.74, 6) is 2.50. The van der Waals surface area contributed by atoms with Crippen LogP contribution in [0, 0.1) is 0 Å². The summed E-state index contributed by atoms with van der Waals surface area (Å²) in [7, 11) is 0. The van der Waals surface area contributed by atoms with Gasteiger partial charge in [-0.15, -0.1) is 23.5 Å². The first-order chi connectivity index (χ1) is 3.93. The maximum absolute atomic E-state index is 5.33. The first-order valence-electron chi connectivity index (χ1n) is 2.87. The van der Waals surface area contributed by atoms with Crippen molar-refractivity contribution in [3.63, 3.8) is 0 Å². The number of rotatable bonds is 3. The largest absolute Gasteiger partial charge is 0.330 e. The van der Waals surface area contributed by atoms with Gasteiger partial charge >= 0.3 is 0 Å². The van der Waals surface area contributed by atoms with Crippen LogP contribution in [0.3, 0.4) is 0 Å². The van der Waals surface area contributed by atoms with E-state index in [1.807, 2.05) is 11.8 Å². The summed E-state index contributed by atoms with van der Waals surface area (Å²) < 4.78 is 0.888. The van der Waals surface area contributed by atoms with Crippen LogP contribution in [-0.4, -0.2) is 22.6 Å². The van der Waals surface area contributed by atoms with Crippen molar-refractivity contribution < 1.29 is 0 Å². The van der Waals surface area contributed by atoms with E-state index in [4.69, 9.17) is 5.73 Å². The molecule has 0 aliphatic carbocycles. The van der Waals surface area contributed by atoms with Crippen LogP contribution in [0.1, 0.15) is 6.42 Å². The Hall–Kier alpha value is 0.660. The monoisotopic (exact) mass is 149 g/mol. The zero-order valence-electron chi connectivity index (χ0n) is 4.80. The van der Waals surface area contributed by atoms with E-state index in [0.29, 0.717) is 0 Å². The van der Waals surface area contributed by atoms with E-state index in [1.54, 1.807) is 0 Å². The van der Waals surface area contributed by atoms with Crippen LogP contribution in [0.5, 0.6) is 0 Å². The summed E-state index contributed by atoms with van der Waals surface area (Å²) in [4.78, 5) is 0. The minimum atomic E-state index is 0.835. The lowest BCUT2D eigenvalue weighted by Crippen LogP contribution is -2.13. The Labute approximate surface area is 58.8 Å². The molecule has 1 saturated heterocycles. The molecule has 3 heteroatoms. The van der Waals surface area contributed by atoms with Gasteiger partial charge in [0.15, 0.2) is 0 Å². The van der Waals surface area contributed by atoms with Crippen LogP contribution in [0.2, 0.25) is 0 Å². The lowest BCUT2D eigenvalue weighted by atomic mass is 10.5. The average molecular weight is 149 g/mol. The quantitative estimate of drug-likeness (QED) is 0.651. The standard InChI is InChI=1S/C5H11NS2/c6-2-4-8-5-1-3-7-5/h5H,1-4,6H2. The fraction of sp³-hybridized carbons (Fsp3) is 1.00. The third-order valence-corrected chi connectivity index (χ3v) is 4.05. The molecule has 0 aromatic carbocycles. The van der Waals surface area contributed by atoms with E-state index in [1.165, 1.54) is 12.2 Å². The van der Waals surface area contributed by atoms with Crippen LogP contribution >= 0.6 is 23.5 Å². The van der Waals surface area contributed by atoms with Crippen LogP contribution in [0.4, 0.5) is 0 Å². The topological polar surface area (TPSA) is 26.0 Å². The highest BCUT2D eigenvalue weighted by Gasteiger charge is 2.16. The number of hydrogen-bond acceptors (Lipinski definition) is 3. The predicted molar refractivity (Wildman–Crippen MR) is 42.4 cm³/mol. The zero-order valence-corrected chi connectivity index (χ0v) is 6.43. The molecule has 0 spiro atoms. The predicted octanol–water partition coefficient (Wildman–Crippen LogP) is 1.14. The lowest BCUT2D eigenvalue weighted by Gasteiger charge is -2.23. The Morgan fingerprint density at radius 2 is 2.50 bits per heavy atom. The maximum atomic E-state index is 5.33. The van der Waals surface area contributed by atoms with E-state index in [2.05, 4.69) is 11.8 Å². The Kier molecular flexibility index (Phi) is 3.08. The van der Waals surface area contributed by atoms with Crippen molar-refractivity contribution in [1.29, 1.82) is 0 Å². The number of nitrogens with two attached hydrogens (primary N) is 1. The zero-order chi connectivity index (χ0) is 5.82. The van der Waals surface area contributed by atoms with Gasteiger partial charge < -0.3 is 5.73 Å². The molecule has 1 atom stereocenters. The second-order valence-corrected chi connectivity index (χ2v) is 4.67. The second-order valence-electron chi connectivity index (χ2n) is 1.75. The van der Waals surface area contributed by atoms with Crippen molar-refractivity contribution in [3.05, 3.63) is 0 Å². The van der Waals surface area contributed by atoms with Gasteiger partial charge in [0.25, 0.3) is 0 Å². The van der Waals surface area contributed by atoms with Crippen molar-refractivity contribution in [3.8, 4) is 0 Å². The summed E-state index contributed by atoms with van der Waals surface area (Å²) in [5.41, 5.74) is 5.33. The fourth-order valence-electron chi connectivity index (χ4n) is 0.545. The molecule has 1 rings (SSSR count). The highest BCUT2D eigenvalue weighted by atomic mass is 32.2. The maximum Gasteiger partial charge on any atom is 0.0510 e. The summed E-state index contributed by atoms with van der Waals surface area (Å²) in [6.07, 6.45) is 1.40. The molecule has 8 heavy (non-hydrogen) atoms. The number of hydrogen-bond donors (Lipinski definition) is 1. The molecule has 48 valence electrons. The summed E-state index contributed by atoms with van der Waals surface area (Å²) in [5, 5.41) is 0. The molecule has 0 bridgehead atoms. The third kappa shape index (κ3) is 1.88. The van der Waals surface area contributed by atoms with Crippen LogP contribution in [0.25, 0.3) is 0 Å². The van der Waals surface area contributed by atoms with Gasteiger partial charge in [0.2, 0.25) is 0 Å². The minimum Gasteiger partial charge on any atom is -0.330 e. The summed E-state index contributed by atoms with van der Waals surface area (Å²) in [6.45, 7) is 0.835. The number of thioether (sulfide) groups is 2. The molecule has 0 aromatic heterocycles. The average Bonchev–Trinajstić information content (AvgIpc) is 1.63. The van der Waals surface area contributed by atoms with Crippen molar-refractivity contribution >= 4 is 23.5 Å². The van der Waals surface area contributed by atoms with E-state index < -0.39 is 0 Å². The third-order valence-electron chi connectivity index (χ3n) is 1.08. The lowest BCUT2D eigenvalue weighted by molar-refractivity contribution is 1.00. The Balaban J connectivity index is 1.86. The highest BCUT2D eigenvalue weighted by Crippen LogP contribution is 2.36. The molecular formula is C5H11NS2. The van der Waals surface area contributed by atoms with Crippen molar-refractivity contribution in [2.45, 2.75) is 11.0 Å². The van der Waals surface area contributed by atoms with Gasteiger partial charge in [-0.25, -0.2) is 0 Å². The highest BCUT2D eigenvalue weighted by molar-refractivity contribution is 8.18. The molecule has 1 heterocycles. The Morgan fingerprint density at radius 3 is 2.88 bits per heavy atom. The molecule has 0 radical (unpaired) electrons. The first-order valence-corrected chi connectivity index (χ1v) is 4.96. The fourth-order valence-corrected chi connectivity index (χ4v) is 2.79. The molecule has 0 amide bonds. The molecule has 0 saturated carbocycles. The van der Waals surface area contributed by atoms with E-state index >= 15 is 0 Å². The molecule has 1 aliphatic rings. The Morgan fingerprint density at radius 1 is 1.75 bits per heavy atom. The van der Waals surface area contributed by atoms with Gasteiger partial charge in [0.05, 0.1) is 4.58 Å². The normalized spacial score (nSPS) is 27.4. The van der Waals surface area contributed by atoms with Crippen molar-refractivity contribution in [2.75, 3.05) is 18.1 Å². The van der Waals surface area contributed by atoms with Crippen LogP contribution in [-0.2, 0) is 0 Å². The molecule has 1 nitrogen and oxygen atoms in total. The first kappa shape index (κ1) is 6.78. The van der Waals surface area contributed by atoms with E-state index in [-0.39, 0.29) is 0 Å². The van der Waals surface area contributed by atoms with Gasteiger partial charge in [-0.1, -0.05) is 0 Å². The SMILES string of the molecule is NCCSC1CCS1. The van der Waals surface area contributed by atoms with Crippen molar-refractivity contribution in [2.24, 2.45) is 5.73 Å². The van der Waals surface area contributed by atoms with E-state index in [9.17, 15) is 0 Å². The molecule has 2 N–H and O–H groups in total. The van der Waals surface area contributed by atoms with Gasteiger partial charge in [-0.2, -0.15) is 0 Å². The van der Waals surface area contributed by atoms with Gasteiger partial charge in [0.1, 0.15) is 0 Å². The molecule has 1 fully saturated rings. The summed E-state index contributed by atoms with van der Waals surface area (Å²) in [6, 6.07) is 0. The molecule has 1 aliphatic heterocycles. The van der Waals surface area contributed by atoms with Crippen molar-refractivity contribution in [1.82, 2.24) is 0 Å². The van der Waals surface area contributed by atoms with Gasteiger partial charge in [-0.05, 0) is 12.2 Å². The van der Waals surface area contributed by atoms with Gasteiger partial charge in [0, 0.05) is 12.3 Å². The molecular weight excluding hydrogens is 138 g/mol. The summed E-state index contributed by atoms with van der Waals surface area (Å²) >= 11 is 4.05. The molecule has 1 unspecified atom stereocenters. The van der Waals surface area contributed by atoms with E-state index in [0.717, 1.165) is 16.9 Å². The van der Waals surface area contributed by atoms with Crippen LogP contribution < -0.4 is 5.73 Å². The minimum absolute atomic E-state index is 0.835. The Bertz CT molecular complexity index is 63.4.